The largest absolute Gasteiger partial charge is 0.0990 e. The molecule has 84 valence electrons. The fourth-order valence-corrected chi connectivity index (χ4v) is 1.18. The molecule has 0 amide bonds. The zero-order valence-electron chi connectivity index (χ0n) is 10.2. The van der Waals surface area contributed by atoms with Crippen molar-refractivity contribution in [1.29, 1.82) is 0 Å². The minimum absolute atomic E-state index is 1.12. The molecule has 0 nitrogen and oxygen atoms in total. The van der Waals surface area contributed by atoms with Crippen molar-refractivity contribution in [1.82, 2.24) is 0 Å². The Morgan fingerprint density at radius 3 is 1.31 bits per heavy atom. The molecule has 0 aliphatic carbocycles. The van der Waals surface area contributed by atoms with E-state index in [0.717, 1.165) is 11.1 Å². The van der Waals surface area contributed by atoms with Crippen molar-refractivity contribution < 1.29 is 0 Å². The van der Waals surface area contributed by atoms with E-state index < -0.39 is 0 Å². The highest BCUT2D eigenvalue weighted by atomic mass is 13.9. The zero-order chi connectivity index (χ0) is 12.2. The molecule has 0 unspecified atom stereocenters. The van der Waals surface area contributed by atoms with E-state index in [9.17, 15) is 0 Å². The van der Waals surface area contributed by atoms with Gasteiger partial charge in [-0.2, -0.15) is 0 Å². The number of hydrogen-bond donors (Lipinski definition) is 0. The Bertz CT molecular complexity index is 321. The summed E-state index contributed by atoms with van der Waals surface area (Å²) < 4.78 is 0. The highest BCUT2D eigenvalue weighted by Crippen LogP contribution is 2.06. The normalized spacial score (nSPS) is 14.1. The third-order valence-corrected chi connectivity index (χ3v) is 1.81. The Kier molecular flexibility index (Phi) is 8.62. The third kappa shape index (κ3) is 6.61. The maximum absolute atomic E-state index is 3.69. The van der Waals surface area contributed by atoms with E-state index in [2.05, 4.69) is 25.3 Å². The van der Waals surface area contributed by atoms with Crippen LogP contribution >= 0.6 is 0 Å². The number of allylic oxidation sites excluding steroid dienone is 12. The molecular weight excluding hydrogens is 192 g/mol. The molecule has 0 fully saturated rings. The lowest BCUT2D eigenvalue weighted by molar-refractivity contribution is 1.58. The molecule has 0 aromatic heterocycles. The van der Waals surface area contributed by atoms with E-state index in [4.69, 9.17) is 0 Å². The van der Waals surface area contributed by atoms with Gasteiger partial charge in [-0.1, -0.05) is 73.9 Å². The molecule has 0 heteroatoms. The first-order chi connectivity index (χ1) is 7.78. The summed E-state index contributed by atoms with van der Waals surface area (Å²) >= 11 is 0. The molecule has 0 saturated heterocycles. The first-order valence-electron chi connectivity index (χ1n) is 5.37. The third-order valence-electron chi connectivity index (χ3n) is 1.81. The Hall–Kier alpha value is -1.82. The van der Waals surface area contributed by atoms with E-state index >= 15 is 0 Å². The van der Waals surface area contributed by atoms with Crippen molar-refractivity contribution in [2.45, 2.75) is 13.8 Å². The molecule has 16 heavy (non-hydrogen) atoms. The Balaban J connectivity index is 4.89. The molecule has 0 rings (SSSR count). The first kappa shape index (κ1) is 14.2. The van der Waals surface area contributed by atoms with Gasteiger partial charge in [-0.05, 0) is 25.0 Å². The molecule has 0 bridgehead atoms. The summed E-state index contributed by atoms with van der Waals surface area (Å²) in [5, 5.41) is 0. The Labute approximate surface area is 99.4 Å². The summed E-state index contributed by atoms with van der Waals surface area (Å²) in [4.78, 5) is 0. The molecule has 0 aliphatic heterocycles. The maximum atomic E-state index is 3.69. The highest BCUT2D eigenvalue weighted by Gasteiger charge is 1.85. The van der Waals surface area contributed by atoms with Crippen LogP contribution in [0.1, 0.15) is 13.8 Å². The van der Waals surface area contributed by atoms with Crippen molar-refractivity contribution >= 4 is 0 Å². The smallest absolute Gasteiger partial charge is 0.0260 e. The van der Waals surface area contributed by atoms with Crippen LogP contribution in [-0.4, -0.2) is 0 Å². The summed E-state index contributed by atoms with van der Waals surface area (Å²) in [5.74, 6) is 0. The van der Waals surface area contributed by atoms with Crippen LogP contribution in [0, 0.1) is 0 Å². The van der Waals surface area contributed by atoms with E-state index in [0.29, 0.717) is 0 Å². The molecule has 0 N–H and O–H groups in total. The summed E-state index contributed by atoms with van der Waals surface area (Å²) in [6.07, 6.45) is 19.7. The van der Waals surface area contributed by atoms with Gasteiger partial charge in [0.1, 0.15) is 0 Å². The summed E-state index contributed by atoms with van der Waals surface area (Å²) in [7, 11) is 0. The second-order valence-electron chi connectivity index (χ2n) is 3.14. The van der Waals surface area contributed by atoms with Gasteiger partial charge in [-0.3, -0.25) is 0 Å². The van der Waals surface area contributed by atoms with Crippen molar-refractivity contribution in [3.8, 4) is 0 Å². The summed E-state index contributed by atoms with van der Waals surface area (Å²) in [5.41, 5.74) is 2.24. The van der Waals surface area contributed by atoms with Gasteiger partial charge in [-0.25, -0.2) is 0 Å². The molecule has 0 saturated carbocycles. The van der Waals surface area contributed by atoms with E-state index in [1.54, 1.807) is 12.2 Å². The maximum Gasteiger partial charge on any atom is -0.0260 e. The van der Waals surface area contributed by atoms with Crippen LogP contribution in [0.2, 0.25) is 0 Å². The van der Waals surface area contributed by atoms with Gasteiger partial charge in [0.25, 0.3) is 0 Å². The van der Waals surface area contributed by atoms with Crippen LogP contribution < -0.4 is 0 Å². The lowest BCUT2D eigenvalue weighted by Crippen LogP contribution is -1.74. The second kappa shape index (κ2) is 9.72. The van der Waals surface area contributed by atoms with Crippen molar-refractivity contribution in [2.75, 3.05) is 0 Å². The highest BCUT2D eigenvalue weighted by molar-refractivity contribution is 5.41. The van der Waals surface area contributed by atoms with Gasteiger partial charge in [0.2, 0.25) is 0 Å². The van der Waals surface area contributed by atoms with Gasteiger partial charge in [-0.15, -0.1) is 0 Å². The molecule has 0 heterocycles. The SMILES string of the molecule is C=C/C=C(C=CC(/C=C\C)=C/C=C)\C=C/C. The molecular formula is C16H20. The molecule has 0 aromatic rings. The Morgan fingerprint density at radius 2 is 1.06 bits per heavy atom. The van der Waals surface area contributed by atoms with Crippen LogP contribution in [0.5, 0.6) is 0 Å². The lowest BCUT2D eigenvalue weighted by atomic mass is 10.1. The van der Waals surface area contributed by atoms with Crippen molar-refractivity contribution in [3.05, 3.63) is 85.1 Å². The van der Waals surface area contributed by atoms with Crippen LogP contribution in [0.25, 0.3) is 0 Å². The van der Waals surface area contributed by atoms with Gasteiger partial charge < -0.3 is 0 Å². The topological polar surface area (TPSA) is 0 Å². The van der Waals surface area contributed by atoms with E-state index in [1.165, 1.54) is 0 Å². The molecule has 0 aliphatic rings. The lowest BCUT2D eigenvalue weighted by Gasteiger charge is -1.94. The van der Waals surface area contributed by atoms with Gasteiger partial charge in [0.15, 0.2) is 0 Å². The van der Waals surface area contributed by atoms with Crippen LogP contribution in [-0.2, 0) is 0 Å². The monoisotopic (exact) mass is 212 g/mol. The second-order valence-corrected chi connectivity index (χ2v) is 3.14. The quantitative estimate of drug-likeness (QED) is 0.548. The summed E-state index contributed by atoms with van der Waals surface area (Å²) in [6.45, 7) is 11.4. The van der Waals surface area contributed by atoms with Crippen LogP contribution in [0.4, 0.5) is 0 Å². The molecule has 0 radical (unpaired) electrons. The Morgan fingerprint density at radius 1 is 0.688 bits per heavy atom. The minimum atomic E-state index is 1.12. The van der Waals surface area contributed by atoms with Crippen molar-refractivity contribution in [3.63, 3.8) is 0 Å². The van der Waals surface area contributed by atoms with Gasteiger partial charge >= 0.3 is 0 Å². The number of hydrogen-bond acceptors (Lipinski definition) is 0. The number of rotatable bonds is 6. The minimum Gasteiger partial charge on any atom is -0.0990 e. The fraction of sp³-hybridized carbons (Fsp3) is 0.125. The van der Waals surface area contributed by atoms with Crippen molar-refractivity contribution in [2.24, 2.45) is 0 Å². The summed E-state index contributed by atoms with van der Waals surface area (Å²) in [6, 6.07) is 0. The predicted molar refractivity (Wildman–Crippen MR) is 75.3 cm³/mol. The average Bonchev–Trinajstić information content (AvgIpc) is 2.27. The van der Waals surface area contributed by atoms with Gasteiger partial charge in [0, 0.05) is 0 Å². The zero-order valence-corrected chi connectivity index (χ0v) is 10.2. The van der Waals surface area contributed by atoms with E-state index in [-0.39, 0.29) is 0 Å². The fourth-order valence-electron chi connectivity index (χ4n) is 1.18. The molecule has 0 aromatic carbocycles. The van der Waals surface area contributed by atoms with Gasteiger partial charge in [0.05, 0.1) is 0 Å². The van der Waals surface area contributed by atoms with Crippen LogP contribution in [0.15, 0.2) is 85.1 Å². The van der Waals surface area contributed by atoms with E-state index in [1.807, 2.05) is 50.3 Å². The molecule has 0 atom stereocenters. The standard InChI is InChI=1S/C16H20/c1-5-9-15(10-6-2)13-14-16(11-7-3)12-8-4/h5-14H,1,3H2,2,4H3/b10-6-,12-8-,14-13?,15-9+,16-11+. The first-order valence-corrected chi connectivity index (χ1v) is 5.37. The molecule has 0 spiro atoms. The van der Waals surface area contributed by atoms with Crippen LogP contribution in [0.3, 0.4) is 0 Å². The average molecular weight is 212 g/mol. The predicted octanol–water partition coefficient (Wildman–Crippen LogP) is 4.92.